The number of amides is 1. The van der Waals surface area contributed by atoms with Gasteiger partial charge < -0.3 is 20.1 Å². The Bertz CT molecular complexity index is 1610. The van der Waals surface area contributed by atoms with Gasteiger partial charge in [0.25, 0.3) is 11.5 Å². The first-order valence-electron chi connectivity index (χ1n) is 10.7. The van der Waals surface area contributed by atoms with Crippen molar-refractivity contribution in [3.05, 3.63) is 88.2 Å². The summed E-state index contributed by atoms with van der Waals surface area (Å²) < 4.78 is 11.8. The van der Waals surface area contributed by atoms with Gasteiger partial charge in [-0.05, 0) is 48.0 Å². The molecule has 0 saturated heterocycles. The second-order valence-corrected chi connectivity index (χ2v) is 8.57. The Morgan fingerprint density at radius 1 is 1.03 bits per heavy atom. The third-order valence-corrected chi connectivity index (χ3v) is 6.22. The molecule has 5 rings (SSSR count). The van der Waals surface area contributed by atoms with Crippen molar-refractivity contribution in [3.8, 4) is 11.5 Å². The highest BCUT2D eigenvalue weighted by Gasteiger charge is 2.14. The number of carbonyl (C=O) groups excluding carboxylic acids is 1. The zero-order valence-corrected chi connectivity index (χ0v) is 19.8. The molecule has 0 radical (unpaired) electrons. The summed E-state index contributed by atoms with van der Waals surface area (Å²) in [5.74, 6) is 1.11. The fourth-order valence-electron chi connectivity index (χ4n) is 3.63. The highest BCUT2D eigenvalue weighted by atomic mass is 32.1. The van der Waals surface area contributed by atoms with E-state index < -0.39 is 0 Å². The van der Waals surface area contributed by atoms with Crippen LogP contribution in [0.2, 0.25) is 0 Å². The third kappa shape index (κ3) is 4.51. The molecule has 10 heteroatoms. The summed E-state index contributed by atoms with van der Waals surface area (Å²) in [6.45, 7) is 0.343. The van der Waals surface area contributed by atoms with Crippen LogP contribution in [-0.2, 0) is 6.54 Å². The summed E-state index contributed by atoms with van der Waals surface area (Å²) in [7, 11) is 3.18. The van der Waals surface area contributed by atoms with Crippen LogP contribution in [0.1, 0.15) is 15.9 Å². The van der Waals surface area contributed by atoms with Crippen molar-refractivity contribution < 1.29 is 14.3 Å². The molecule has 0 bridgehead atoms. The molecule has 0 unspecified atom stereocenters. The number of hydrogen-bond acceptors (Lipinski definition) is 8. The van der Waals surface area contributed by atoms with Gasteiger partial charge in [-0.2, -0.15) is 4.52 Å². The lowest BCUT2D eigenvalue weighted by molar-refractivity contribution is 0.0951. The fraction of sp³-hybridized carbons (Fsp3) is 0.120. The van der Waals surface area contributed by atoms with Crippen LogP contribution < -0.4 is 25.7 Å². The molecule has 2 heterocycles. The lowest BCUT2D eigenvalue weighted by Crippen LogP contribution is -2.23. The predicted molar refractivity (Wildman–Crippen MR) is 135 cm³/mol. The van der Waals surface area contributed by atoms with E-state index >= 15 is 0 Å². The number of nitrogens with one attached hydrogen (secondary N) is 2. The largest absolute Gasteiger partial charge is 0.497 e. The quantitative estimate of drug-likeness (QED) is 0.357. The van der Waals surface area contributed by atoms with Crippen molar-refractivity contribution in [2.24, 2.45) is 0 Å². The lowest BCUT2D eigenvalue weighted by atomic mass is 10.1. The minimum Gasteiger partial charge on any atom is -0.497 e. The Kier molecular flexibility index (Phi) is 6.02. The van der Waals surface area contributed by atoms with Crippen molar-refractivity contribution in [2.75, 3.05) is 19.5 Å². The Balaban J connectivity index is 1.41. The van der Waals surface area contributed by atoms with E-state index in [4.69, 9.17) is 9.47 Å². The van der Waals surface area contributed by atoms with E-state index in [1.54, 1.807) is 32.4 Å². The number of rotatable bonds is 7. The van der Waals surface area contributed by atoms with E-state index in [0.29, 0.717) is 38.9 Å². The van der Waals surface area contributed by atoms with Crippen molar-refractivity contribution >= 4 is 43.9 Å². The summed E-state index contributed by atoms with van der Waals surface area (Å²) in [5, 5.41) is 11.3. The van der Waals surface area contributed by atoms with E-state index in [-0.39, 0.29) is 11.5 Å². The van der Waals surface area contributed by atoms with Gasteiger partial charge in [-0.1, -0.05) is 35.6 Å². The van der Waals surface area contributed by atoms with Gasteiger partial charge in [-0.3, -0.25) is 9.59 Å². The second kappa shape index (κ2) is 9.43. The third-order valence-electron chi connectivity index (χ3n) is 5.39. The number of anilines is 2. The molecule has 2 aromatic heterocycles. The van der Waals surface area contributed by atoms with E-state index in [0.717, 1.165) is 17.0 Å². The molecule has 0 saturated carbocycles. The number of ether oxygens (including phenoxy) is 2. The van der Waals surface area contributed by atoms with E-state index in [1.807, 2.05) is 48.5 Å². The lowest BCUT2D eigenvalue weighted by Gasteiger charge is -2.07. The van der Waals surface area contributed by atoms with Gasteiger partial charge in [0.05, 0.1) is 30.8 Å². The van der Waals surface area contributed by atoms with Crippen LogP contribution in [0.15, 0.2) is 71.5 Å². The molecule has 0 fully saturated rings. The molecular formula is C25H21N5O4S. The Morgan fingerprint density at radius 3 is 2.71 bits per heavy atom. The van der Waals surface area contributed by atoms with Crippen LogP contribution in [-0.4, -0.2) is 34.7 Å². The van der Waals surface area contributed by atoms with E-state index in [9.17, 15) is 9.59 Å². The highest BCUT2D eigenvalue weighted by molar-refractivity contribution is 7.20. The van der Waals surface area contributed by atoms with Gasteiger partial charge in [0.15, 0.2) is 0 Å². The fourth-order valence-corrected chi connectivity index (χ4v) is 4.44. The summed E-state index contributed by atoms with van der Waals surface area (Å²) in [6.07, 6.45) is 0. The van der Waals surface area contributed by atoms with Gasteiger partial charge in [0, 0.05) is 12.1 Å². The number of aromatic nitrogens is 3. The number of hydrogen-bond donors (Lipinski definition) is 2. The van der Waals surface area contributed by atoms with Crippen LogP contribution in [0.25, 0.3) is 15.9 Å². The van der Waals surface area contributed by atoms with E-state index in [2.05, 4.69) is 20.7 Å². The first kappa shape index (κ1) is 22.4. The number of para-hydroxylation sites is 2. The summed E-state index contributed by atoms with van der Waals surface area (Å²) in [6, 6.07) is 19.7. The van der Waals surface area contributed by atoms with Crippen LogP contribution in [0.3, 0.4) is 0 Å². The van der Waals surface area contributed by atoms with Crippen LogP contribution in [0.5, 0.6) is 11.5 Å². The maximum Gasteiger partial charge on any atom is 0.283 e. The molecule has 2 N–H and O–H groups in total. The van der Waals surface area contributed by atoms with Crippen molar-refractivity contribution in [1.82, 2.24) is 19.9 Å². The topological polar surface area (TPSA) is 107 Å². The maximum absolute atomic E-state index is 13.0. The Morgan fingerprint density at radius 2 is 1.89 bits per heavy atom. The molecule has 1 amide bonds. The van der Waals surface area contributed by atoms with Crippen molar-refractivity contribution in [3.63, 3.8) is 0 Å². The number of methoxy groups -OCH3 is 2. The smallest absolute Gasteiger partial charge is 0.283 e. The molecule has 0 spiro atoms. The maximum atomic E-state index is 13.0. The first-order chi connectivity index (χ1) is 17.1. The normalized spacial score (nSPS) is 10.9. The van der Waals surface area contributed by atoms with Gasteiger partial charge in [0.2, 0.25) is 10.1 Å². The predicted octanol–water partition coefficient (Wildman–Crippen LogP) is 4.00. The van der Waals surface area contributed by atoms with Crippen LogP contribution in [0, 0.1) is 0 Å². The minimum atomic E-state index is -0.308. The SMILES string of the molecule is COc1cccc(CNC(=O)c2ccc3c(=O)n4nc(Nc5ccccc5OC)sc4nc3c2)c1. The Hall–Kier alpha value is -4.44. The highest BCUT2D eigenvalue weighted by Crippen LogP contribution is 2.29. The second-order valence-electron chi connectivity index (χ2n) is 7.61. The number of fused-ring (bicyclic) bond motifs is 2. The monoisotopic (exact) mass is 487 g/mol. The first-order valence-corrected chi connectivity index (χ1v) is 11.5. The summed E-state index contributed by atoms with van der Waals surface area (Å²) in [5.41, 5.74) is 2.17. The van der Waals surface area contributed by atoms with Crippen molar-refractivity contribution in [1.29, 1.82) is 0 Å². The van der Waals surface area contributed by atoms with Gasteiger partial charge in [-0.15, -0.1) is 5.10 Å². The zero-order valence-electron chi connectivity index (χ0n) is 18.9. The number of nitrogens with zero attached hydrogens (tertiary/aromatic N) is 3. The van der Waals surface area contributed by atoms with Gasteiger partial charge >= 0.3 is 0 Å². The molecule has 5 aromatic rings. The molecule has 0 aliphatic carbocycles. The zero-order chi connectivity index (χ0) is 24.4. The summed E-state index contributed by atoms with van der Waals surface area (Å²) in [4.78, 5) is 30.8. The molecule has 0 atom stereocenters. The minimum absolute atomic E-state index is 0.264. The average molecular weight is 488 g/mol. The molecule has 176 valence electrons. The molecule has 9 nitrogen and oxygen atoms in total. The molecular weight excluding hydrogens is 466 g/mol. The number of benzene rings is 3. The Labute approximate surface area is 204 Å². The van der Waals surface area contributed by atoms with Gasteiger partial charge in [0.1, 0.15) is 11.5 Å². The van der Waals surface area contributed by atoms with Gasteiger partial charge in [-0.25, -0.2) is 4.98 Å². The van der Waals surface area contributed by atoms with Crippen LogP contribution in [0.4, 0.5) is 10.8 Å². The van der Waals surface area contributed by atoms with E-state index in [1.165, 1.54) is 15.9 Å². The molecule has 0 aliphatic rings. The standard InChI is InChI=1S/C25H21N5O4S/c1-33-17-7-5-6-15(12-17)14-26-22(31)16-10-11-18-20(13-16)28-25-30(23(18)32)29-24(35-25)27-19-8-3-4-9-21(19)34-2/h3-13H,14H2,1-2H3,(H,26,31)(H,27,29). The van der Waals surface area contributed by atoms with Crippen molar-refractivity contribution in [2.45, 2.75) is 6.54 Å². The average Bonchev–Trinajstić information content (AvgIpc) is 3.30. The summed E-state index contributed by atoms with van der Waals surface area (Å²) >= 11 is 1.23. The molecule has 35 heavy (non-hydrogen) atoms. The van der Waals surface area contributed by atoms with Crippen LogP contribution >= 0.6 is 11.3 Å². The molecule has 0 aliphatic heterocycles. The molecule has 3 aromatic carbocycles. The number of carbonyl (C=O) groups is 1.